The van der Waals surface area contributed by atoms with Crippen molar-refractivity contribution in [3.8, 4) is 0 Å². The van der Waals surface area contributed by atoms with Gasteiger partial charge in [-0.15, -0.1) is 10.2 Å². The smallest absolute Gasteiger partial charge is 0.324 e. The van der Waals surface area contributed by atoms with Crippen molar-refractivity contribution in [1.82, 2.24) is 10.2 Å². The van der Waals surface area contributed by atoms with Crippen molar-refractivity contribution in [2.24, 2.45) is 0 Å². The topological polar surface area (TPSA) is 135 Å². The summed E-state index contributed by atoms with van der Waals surface area (Å²) in [5.41, 5.74) is 0. The molecule has 2 N–H and O–H groups in total. The lowest BCUT2D eigenvalue weighted by Gasteiger charge is -1.95. The number of thiophene rings is 1. The maximum atomic E-state index is 11.8. The van der Waals surface area contributed by atoms with E-state index in [9.17, 15) is 19.7 Å². The molecule has 0 aliphatic heterocycles. The maximum Gasteiger partial charge on any atom is 0.324 e. The molecule has 0 saturated carbocycles. The van der Waals surface area contributed by atoms with Crippen LogP contribution in [0.15, 0.2) is 16.5 Å². The van der Waals surface area contributed by atoms with Crippen LogP contribution in [0.25, 0.3) is 0 Å². The predicted octanol–water partition coefficient (Wildman–Crippen LogP) is 1.94. The molecule has 0 radical (unpaired) electrons. The highest BCUT2D eigenvalue weighted by Gasteiger charge is 2.17. The number of rotatable bonds is 6. The first-order valence-electron chi connectivity index (χ1n) is 5.19. The Labute approximate surface area is 129 Å². The number of carbonyl (C=O) groups is 2. The highest BCUT2D eigenvalue weighted by molar-refractivity contribution is 8.01. The predicted molar refractivity (Wildman–Crippen MR) is 77.2 cm³/mol. The number of amides is 1. The fourth-order valence-electron chi connectivity index (χ4n) is 1.15. The fourth-order valence-corrected chi connectivity index (χ4v) is 3.33. The number of anilines is 1. The average molecular weight is 346 g/mol. The summed E-state index contributed by atoms with van der Waals surface area (Å²) < 4.78 is 0.407. The number of nitro groups is 1. The number of carboxylic acid groups (broad SMARTS) is 1. The molecule has 0 saturated heterocycles. The van der Waals surface area contributed by atoms with Crippen LogP contribution in [0.5, 0.6) is 0 Å². The molecule has 0 fully saturated rings. The Hall–Kier alpha value is -2.05. The Morgan fingerprint density at radius 3 is 2.76 bits per heavy atom. The number of hydrogen-bond acceptors (Lipinski definition) is 9. The van der Waals surface area contributed by atoms with Gasteiger partial charge in [0.25, 0.3) is 5.91 Å². The van der Waals surface area contributed by atoms with Crippen molar-refractivity contribution in [3.63, 3.8) is 0 Å². The van der Waals surface area contributed by atoms with E-state index in [4.69, 9.17) is 5.11 Å². The molecule has 0 spiro atoms. The first-order valence-corrected chi connectivity index (χ1v) is 7.81. The molecule has 0 atom stereocenters. The van der Waals surface area contributed by atoms with Crippen molar-refractivity contribution >= 4 is 56.4 Å². The molecule has 0 aliphatic rings. The number of carboxylic acids is 1. The quantitative estimate of drug-likeness (QED) is 0.350. The molecule has 0 bridgehead atoms. The van der Waals surface area contributed by atoms with Gasteiger partial charge in [-0.1, -0.05) is 34.4 Å². The van der Waals surface area contributed by atoms with Crippen LogP contribution in [0.2, 0.25) is 0 Å². The highest BCUT2D eigenvalue weighted by atomic mass is 32.2. The first kappa shape index (κ1) is 15.3. The lowest BCUT2D eigenvalue weighted by atomic mass is 10.4. The average Bonchev–Trinajstić information content (AvgIpc) is 3.05. The number of carbonyl (C=O) groups excluding carboxylic acids is 1. The minimum Gasteiger partial charge on any atom is -0.481 e. The molecule has 0 aliphatic carbocycles. The zero-order valence-electron chi connectivity index (χ0n) is 10.0. The van der Waals surface area contributed by atoms with Crippen LogP contribution in [0, 0.1) is 10.1 Å². The molecular formula is C9H6N4O5S3. The summed E-state index contributed by atoms with van der Waals surface area (Å²) in [7, 11) is 0. The van der Waals surface area contributed by atoms with Gasteiger partial charge in [0.1, 0.15) is 0 Å². The van der Waals surface area contributed by atoms with Gasteiger partial charge in [0.15, 0.2) is 4.34 Å². The van der Waals surface area contributed by atoms with Gasteiger partial charge >= 0.3 is 11.0 Å². The van der Waals surface area contributed by atoms with Gasteiger partial charge in [-0.3, -0.25) is 25.0 Å². The molecule has 12 heteroatoms. The number of nitrogens with zero attached hydrogens (tertiary/aromatic N) is 3. The van der Waals surface area contributed by atoms with E-state index in [0.717, 1.165) is 34.4 Å². The molecule has 1 amide bonds. The number of nitrogens with one attached hydrogen (secondary N) is 1. The number of hydrogen-bond donors (Lipinski definition) is 2. The summed E-state index contributed by atoms with van der Waals surface area (Å²) in [5, 5.41) is 29.0. The number of aliphatic carboxylic acids is 1. The Morgan fingerprint density at radius 1 is 1.38 bits per heavy atom. The molecule has 0 aromatic carbocycles. The van der Waals surface area contributed by atoms with Crippen molar-refractivity contribution in [2.75, 3.05) is 11.1 Å². The Bertz CT molecular complexity index is 697. The summed E-state index contributed by atoms with van der Waals surface area (Å²) in [5.74, 6) is -1.66. The van der Waals surface area contributed by atoms with Crippen LogP contribution in [-0.4, -0.2) is 37.9 Å². The summed E-state index contributed by atoms with van der Waals surface area (Å²) >= 11 is 2.77. The number of thioether (sulfide) groups is 1. The Kier molecular flexibility index (Phi) is 4.82. The van der Waals surface area contributed by atoms with Crippen molar-refractivity contribution in [2.45, 2.75) is 4.34 Å². The third-order valence-electron chi connectivity index (χ3n) is 1.94. The minimum atomic E-state index is -0.980. The maximum absolute atomic E-state index is 11.8. The van der Waals surface area contributed by atoms with Gasteiger partial charge in [-0.05, 0) is 6.07 Å². The summed E-state index contributed by atoms with van der Waals surface area (Å²) in [6.07, 6.45) is 0. The molecule has 0 unspecified atom stereocenters. The molecule has 9 nitrogen and oxygen atoms in total. The van der Waals surface area contributed by atoms with E-state index in [1.807, 2.05) is 0 Å². The number of aromatic nitrogens is 2. The second kappa shape index (κ2) is 6.60. The second-order valence-corrected chi connectivity index (χ2v) is 6.67. The van der Waals surface area contributed by atoms with Crippen LogP contribution in [0.1, 0.15) is 9.67 Å². The summed E-state index contributed by atoms with van der Waals surface area (Å²) in [6, 6.07) is 2.59. The van der Waals surface area contributed by atoms with E-state index in [1.165, 1.54) is 12.1 Å². The minimum absolute atomic E-state index is 0.130. The largest absolute Gasteiger partial charge is 0.481 e. The van der Waals surface area contributed by atoms with Gasteiger partial charge in [0.2, 0.25) is 5.13 Å². The van der Waals surface area contributed by atoms with Crippen LogP contribution in [0.4, 0.5) is 10.1 Å². The molecule has 110 valence electrons. The third-order valence-corrected chi connectivity index (χ3v) is 4.93. The Morgan fingerprint density at radius 2 is 2.14 bits per heavy atom. The third kappa shape index (κ3) is 4.21. The van der Waals surface area contributed by atoms with Gasteiger partial charge in [0, 0.05) is 6.07 Å². The van der Waals surface area contributed by atoms with Crippen molar-refractivity contribution < 1.29 is 19.6 Å². The zero-order valence-corrected chi connectivity index (χ0v) is 12.5. The SMILES string of the molecule is O=C(O)CSc1nnc(NC(=O)c2ccc([N+](=O)[O-])s2)s1. The van der Waals surface area contributed by atoms with Crippen LogP contribution in [-0.2, 0) is 4.79 Å². The summed E-state index contributed by atoms with van der Waals surface area (Å²) in [6.45, 7) is 0. The van der Waals surface area contributed by atoms with E-state index in [0.29, 0.717) is 4.34 Å². The van der Waals surface area contributed by atoms with E-state index >= 15 is 0 Å². The van der Waals surface area contributed by atoms with Gasteiger partial charge < -0.3 is 5.11 Å². The fraction of sp³-hybridized carbons (Fsp3) is 0.111. The summed E-state index contributed by atoms with van der Waals surface area (Å²) in [4.78, 5) is 32.4. The lowest BCUT2D eigenvalue weighted by molar-refractivity contribution is -0.380. The second-order valence-electron chi connectivity index (χ2n) is 3.40. The van der Waals surface area contributed by atoms with Crippen LogP contribution >= 0.6 is 34.4 Å². The standard InChI is InChI=1S/C9H6N4O5S3/c14-6(15)3-19-9-12-11-8(21-9)10-7(16)4-1-2-5(20-4)13(17)18/h1-2H,3H2,(H,14,15)(H,10,11,16). The Balaban J connectivity index is 1.98. The van der Waals surface area contributed by atoms with E-state index in [-0.39, 0.29) is 20.8 Å². The molecule has 21 heavy (non-hydrogen) atoms. The van der Waals surface area contributed by atoms with Crippen molar-refractivity contribution in [1.29, 1.82) is 0 Å². The lowest BCUT2D eigenvalue weighted by Crippen LogP contribution is -2.09. The first-order chi connectivity index (χ1) is 9.95. The highest BCUT2D eigenvalue weighted by Crippen LogP contribution is 2.27. The molecule has 2 aromatic heterocycles. The van der Waals surface area contributed by atoms with Crippen molar-refractivity contribution in [3.05, 3.63) is 27.1 Å². The van der Waals surface area contributed by atoms with Gasteiger partial charge in [-0.25, -0.2) is 0 Å². The van der Waals surface area contributed by atoms with Gasteiger partial charge in [-0.2, -0.15) is 0 Å². The molecular weight excluding hydrogens is 340 g/mol. The van der Waals surface area contributed by atoms with Gasteiger partial charge in [0.05, 0.1) is 15.6 Å². The van der Waals surface area contributed by atoms with Crippen LogP contribution in [0.3, 0.4) is 0 Å². The van der Waals surface area contributed by atoms with E-state index < -0.39 is 16.8 Å². The normalized spacial score (nSPS) is 10.3. The molecule has 2 rings (SSSR count). The molecule has 2 heterocycles. The van der Waals surface area contributed by atoms with Crippen LogP contribution < -0.4 is 5.32 Å². The van der Waals surface area contributed by atoms with E-state index in [2.05, 4.69) is 15.5 Å². The van der Waals surface area contributed by atoms with E-state index in [1.54, 1.807) is 0 Å². The zero-order chi connectivity index (χ0) is 15.4. The monoisotopic (exact) mass is 346 g/mol. The molecule has 2 aromatic rings.